The average Bonchev–Trinajstić information content (AvgIpc) is 3.31. The molecule has 9 nitrogen and oxygen atoms in total. The van der Waals surface area contributed by atoms with Gasteiger partial charge in [-0.15, -0.1) is 0 Å². The van der Waals surface area contributed by atoms with Crippen LogP contribution in [-0.4, -0.2) is 90.7 Å². The molecule has 33 heavy (non-hydrogen) atoms. The maximum atomic E-state index is 12.8. The summed E-state index contributed by atoms with van der Waals surface area (Å²) in [5.74, 6) is 1.87. The van der Waals surface area contributed by atoms with Crippen molar-refractivity contribution in [3.63, 3.8) is 0 Å². The summed E-state index contributed by atoms with van der Waals surface area (Å²) in [4.78, 5) is 28.4. The smallest absolute Gasteiger partial charge is 0.252 e. The fourth-order valence-corrected chi connectivity index (χ4v) is 4.50. The standard InChI is InChI=1S/C24H31N7O2/c32-23(25-9-2-10-28-15-17-33-18-16-28)20-3-4-21-5-6-22(31(21)19-20)29-11-13-30(14-12-29)24-26-7-1-8-27-24/h1,3-8,19H,2,9-18H2,(H,25,32). The fraction of sp³-hybridized carbons (Fsp3) is 0.458. The van der Waals surface area contributed by atoms with Crippen LogP contribution in [0.2, 0.25) is 0 Å². The summed E-state index contributed by atoms with van der Waals surface area (Å²) in [6, 6.07) is 9.99. The van der Waals surface area contributed by atoms with E-state index < -0.39 is 0 Å². The SMILES string of the molecule is O=C(NCCCN1CCOCC1)c1ccc2ccc(N3CCN(c4ncccn4)CC3)n2c1. The average molecular weight is 450 g/mol. The molecule has 0 unspecified atom stereocenters. The highest BCUT2D eigenvalue weighted by Gasteiger charge is 2.21. The molecule has 2 aliphatic rings. The van der Waals surface area contributed by atoms with Gasteiger partial charge in [-0.3, -0.25) is 9.69 Å². The topological polar surface area (TPSA) is 78.2 Å². The minimum absolute atomic E-state index is 0.0235. The molecular formula is C24H31N7O2. The molecule has 0 spiro atoms. The fourth-order valence-electron chi connectivity index (χ4n) is 4.50. The third-order valence-corrected chi connectivity index (χ3v) is 6.37. The molecule has 2 saturated heterocycles. The van der Waals surface area contributed by atoms with E-state index in [1.165, 1.54) is 0 Å². The summed E-state index contributed by atoms with van der Waals surface area (Å²) >= 11 is 0. The van der Waals surface area contributed by atoms with E-state index in [1.54, 1.807) is 12.4 Å². The largest absolute Gasteiger partial charge is 0.379 e. The molecule has 0 saturated carbocycles. The van der Waals surface area contributed by atoms with Gasteiger partial charge in [0.25, 0.3) is 5.91 Å². The molecule has 1 amide bonds. The van der Waals surface area contributed by atoms with Gasteiger partial charge in [-0.05, 0) is 43.3 Å². The predicted molar refractivity (Wildman–Crippen MR) is 128 cm³/mol. The lowest BCUT2D eigenvalue weighted by Gasteiger charge is -2.35. The van der Waals surface area contributed by atoms with Gasteiger partial charge in [0.05, 0.1) is 18.8 Å². The summed E-state index contributed by atoms with van der Waals surface area (Å²) < 4.78 is 7.51. The number of rotatable bonds is 7. The van der Waals surface area contributed by atoms with Crippen LogP contribution in [0, 0.1) is 0 Å². The van der Waals surface area contributed by atoms with Crippen LogP contribution in [0.3, 0.4) is 0 Å². The number of nitrogens with zero attached hydrogens (tertiary/aromatic N) is 6. The molecule has 9 heteroatoms. The van der Waals surface area contributed by atoms with Gasteiger partial charge in [-0.1, -0.05) is 0 Å². The second-order valence-electron chi connectivity index (χ2n) is 8.49. The van der Waals surface area contributed by atoms with E-state index in [-0.39, 0.29) is 5.91 Å². The van der Waals surface area contributed by atoms with Gasteiger partial charge >= 0.3 is 0 Å². The molecule has 0 aliphatic carbocycles. The van der Waals surface area contributed by atoms with Crippen molar-refractivity contribution in [2.45, 2.75) is 6.42 Å². The van der Waals surface area contributed by atoms with Crippen molar-refractivity contribution in [1.82, 2.24) is 24.6 Å². The summed E-state index contributed by atoms with van der Waals surface area (Å²) in [7, 11) is 0. The number of carbonyl (C=O) groups excluding carboxylic acids is 1. The Bertz CT molecular complexity index is 1060. The number of hydrogen-bond donors (Lipinski definition) is 1. The first-order chi connectivity index (χ1) is 16.3. The Kier molecular flexibility index (Phi) is 6.68. The number of morpholine rings is 1. The number of amides is 1. The Balaban J connectivity index is 1.18. The van der Waals surface area contributed by atoms with Gasteiger partial charge in [0, 0.05) is 69.9 Å². The molecule has 1 N–H and O–H groups in total. The molecule has 5 rings (SSSR count). The van der Waals surface area contributed by atoms with Crippen LogP contribution in [0.15, 0.2) is 48.9 Å². The van der Waals surface area contributed by atoms with Crippen LogP contribution in [0.25, 0.3) is 5.52 Å². The van der Waals surface area contributed by atoms with Crippen LogP contribution in [-0.2, 0) is 4.74 Å². The molecule has 3 aromatic rings. The van der Waals surface area contributed by atoms with E-state index in [9.17, 15) is 4.79 Å². The van der Waals surface area contributed by atoms with Gasteiger partial charge in [-0.2, -0.15) is 0 Å². The Morgan fingerprint density at radius 2 is 1.67 bits per heavy atom. The summed E-state index contributed by atoms with van der Waals surface area (Å²) in [5, 5.41) is 3.07. The van der Waals surface area contributed by atoms with E-state index in [0.717, 1.165) is 82.7 Å². The van der Waals surface area contributed by atoms with E-state index in [2.05, 4.69) is 46.5 Å². The zero-order valence-corrected chi connectivity index (χ0v) is 18.9. The predicted octanol–water partition coefficient (Wildman–Crippen LogP) is 1.51. The van der Waals surface area contributed by atoms with Gasteiger partial charge < -0.3 is 24.3 Å². The van der Waals surface area contributed by atoms with E-state index in [4.69, 9.17) is 4.74 Å². The third kappa shape index (κ3) is 5.09. The van der Waals surface area contributed by atoms with Crippen LogP contribution < -0.4 is 15.1 Å². The number of hydrogen-bond acceptors (Lipinski definition) is 7. The Morgan fingerprint density at radius 1 is 0.939 bits per heavy atom. The monoisotopic (exact) mass is 449 g/mol. The maximum Gasteiger partial charge on any atom is 0.252 e. The minimum Gasteiger partial charge on any atom is -0.379 e. The number of aromatic nitrogens is 3. The number of nitrogens with one attached hydrogen (secondary N) is 1. The summed E-state index contributed by atoms with van der Waals surface area (Å²) in [5.41, 5.74) is 1.77. The van der Waals surface area contributed by atoms with Crippen molar-refractivity contribution in [3.05, 3.63) is 54.5 Å². The van der Waals surface area contributed by atoms with Crippen LogP contribution in [0.5, 0.6) is 0 Å². The molecule has 2 aliphatic heterocycles. The van der Waals surface area contributed by atoms with Gasteiger partial charge in [0.2, 0.25) is 5.95 Å². The number of anilines is 2. The van der Waals surface area contributed by atoms with Crippen molar-refractivity contribution in [2.75, 3.05) is 75.4 Å². The number of carbonyl (C=O) groups is 1. The lowest BCUT2D eigenvalue weighted by Crippen LogP contribution is -2.47. The summed E-state index contributed by atoms with van der Waals surface area (Å²) in [6.45, 7) is 8.72. The van der Waals surface area contributed by atoms with E-state index >= 15 is 0 Å². The zero-order chi connectivity index (χ0) is 22.5. The second kappa shape index (κ2) is 10.2. The zero-order valence-electron chi connectivity index (χ0n) is 18.9. The van der Waals surface area contributed by atoms with Crippen molar-refractivity contribution in [2.24, 2.45) is 0 Å². The van der Waals surface area contributed by atoms with Crippen LogP contribution in [0.1, 0.15) is 16.8 Å². The molecule has 174 valence electrons. The molecule has 0 atom stereocenters. The van der Waals surface area contributed by atoms with Gasteiger partial charge in [-0.25, -0.2) is 9.97 Å². The molecule has 0 bridgehead atoms. The highest BCUT2D eigenvalue weighted by atomic mass is 16.5. The molecular weight excluding hydrogens is 418 g/mol. The first-order valence-corrected chi connectivity index (χ1v) is 11.7. The minimum atomic E-state index is -0.0235. The quantitative estimate of drug-likeness (QED) is 0.548. The first kappa shape index (κ1) is 21.7. The number of fused-ring (bicyclic) bond motifs is 1. The van der Waals surface area contributed by atoms with Crippen molar-refractivity contribution in [1.29, 1.82) is 0 Å². The molecule has 0 aromatic carbocycles. The lowest BCUT2D eigenvalue weighted by atomic mass is 10.2. The highest BCUT2D eigenvalue weighted by Crippen LogP contribution is 2.22. The number of pyridine rings is 1. The van der Waals surface area contributed by atoms with Crippen molar-refractivity contribution < 1.29 is 9.53 Å². The van der Waals surface area contributed by atoms with Crippen molar-refractivity contribution in [3.8, 4) is 0 Å². The van der Waals surface area contributed by atoms with Crippen LogP contribution in [0.4, 0.5) is 11.8 Å². The molecule has 5 heterocycles. The molecule has 0 radical (unpaired) electrons. The van der Waals surface area contributed by atoms with Crippen molar-refractivity contribution >= 4 is 23.2 Å². The Hall–Kier alpha value is -3.17. The molecule has 3 aromatic heterocycles. The Labute approximate surface area is 194 Å². The molecule has 2 fully saturated rings. The van der Waals surface area contributed by atoms with Crippen LogP contribution >= 0.6 is 0 Å². The van der Waals surface area contributed by atoms with E-state index in [0.29, 0.717) is 12.1 Å². The number of piperazine rings is 1. The first-order valence-electron chi connectivity index (χ1n) is 11.7. The second-order valence-corrected chi connectivity index (χ2v) is 8.49. The lowest BCUT2D eigenvalue weighted by molar-refractivity contribution is 0.0374. The summed E-state index contributed by atoms with van der Waals surface area (Å²) in [6.07, 6.45) is 6.46. The van der Waals surface area contributed by atoms with E-state index in [1.807, 2.05) is 24.4 Å². The highest BCUT2D eigenvalue weighted by molar-refractivity contribution is 5.94. The maximum absolute atomic E-state index is 12.8. The van der Waals surface area contributed by atoms with Gasteiger partial charge in [0.1, 0.15) is 5.82 Å². The Morgan fingerprint density at radius 3 is 2.45 bits per heavy atom. The third-order valence-electron chi connectivity index (χ3n) is 6.37. The number of ether oxygens (including phenoxy) is 1. The normalized spacial score (nSPS) is 17.5. The van der Waals surface area contributed by atoms with Gasteiger partial charge in [0.15, 0.2) is 0 Å².